The largest absolute Gasteiger partial charge is 0.490 e. The molecule has 1 aliphatic heterocycles. The van der Waals surface area contributed by atoms with E-state index in [4.69, 9.17) is 15.2 Å². The van der Waals surface area contributed by atoms with Crippen molar-refractivity contribution in [3.05, 3.63) is 62.1 Å². The van der Waals surface area contributed by atoms with Crippen molar-refractivity contribution in [2.45, 2.75) is 6.92 Å². The molecule has 0 aromatic heterocycles. The van der Waals surface area contributed by atoms with Gasteiger partial charge < -0.3 is 15.2 Å². The lowest BCUT2D eigenvalue weighted by Crippen LogP contribution is -2.36. The first-order chi connectivity index (χ1) is 14.8. The summed E-state index contributed by atoms with van der Waals surface area (Å²) in [7, 11) is 0. The van der Waals surface area contributed by atoms with Crippen LogP contribution in [0.4, 0.5) is 4.79 Å². The van der Waals surface area contributed by atoms with E-state index in [2.05, 4.69) is 22.6 Å². The van der Waals surface area contributed by atoms with Crippen LogP contribution < -0.4 is 15.2 Å². The number of nitrogens with two attached hydrogens (primary N) is 1. The first-order valence-electron chi connectivity index (χ1n) is 9.07. The van der Waals surface area contributed by atoms with Gasteiger partial charge in [-0.05, 0) is 77.2 Å². The summed E-state index contributed by atoms with van der Waals surface area (Å²) in [5.41, 5.74) is 6.07. The van der Waals surface area contributed by atoms with E-state index in [0.717, 1.165) is 8.47 Å². The molecule has 0 radical (unpaired) electrons. The van der Waals surface area contributed by atoms with Crippen molar-refractivity contribution in [1.29, 1.82) is 0 Å². The molecule has 1 heterocycles. The summed E-state index contributed by atoms with van der Waals surface area (Å²) >= 11 is 2.77. The van der Waals surface area contributed by atoms with Crippen molar-refractivity contribution in [3.63, 3.8) is 0 Å². The fourth-order valence-corrected chi connectivity index (χ4v) is 4.14. The number of thioether (sulfide) groups is 1. The Balaban J connectivity index is 1.85. The second-order valence-corrected chi connectivity index (χ2v) is 8.40. The van der Waals surface area contributed by atoms with Crippen LogP contribution in [0.25, 0.3) is 6.08 Å². The van der Waals surface area contributed by atoms with Gasteiger partial charge in [0.1, 0.15) is 6.54 Å². The van der Waals surface area contributed by atoms with Crippen molar-refractivity contribution in [1.82, 2.24) is 4.90 Å². The molecule has 3 rings (SSSR count). The number of rotatable bonds is 7. The Labute approximate surface area is 195 Å². The lowest BCUT2D eigenvalue weighted by molar-refractivity contribution is -0.127. The number of nitrogens with zero attached hydrogens (tertiary/aromatic N) is 1. The number of carbonyl (C=O) groups excluding carboxylic acids is 4. The van der Waals surface area contributed by atoms with Crippen LogP contribution in [-0.2, 0) is 9.59 Å². The van der Waals surface area contributed by atoms with Crippen molar-refractivity contribution in [2.24, 2.45) is 5.73 Å². The molecule has 10 heteroatoms. The van der Waals surface area contributed by atoms with Crippen LogP contribution in [0.3, 0.4) is 0 Å². The van der Waals surface area contributed by atoms with Gasteiger partial charge in [0.2, 0.25) is 5.91 Å². The molecular formula is C21H17IN2O6S. The summed E-state index contributed by atoms with van der Waals surface area (Å²) in [6.07, 6.45) is 1.50. The summed E-state index contributed by atoms with van der Waals surface area (Å²) in [6, 6.07) is 11.8. The predicted molar refractivity (Wildman–Crippen MR) is 124 cm³/mol. The minimum absolute atomic E-state index is 0.150. The number of esters is 1. The van der Waals surface area contributed by atoms with Gasteiger partial charge in [0.15, 0.2) is 11.5 Å². The fraction of sp³-hybridized carbons (Fsp3) is 0.143. The molecule has 2 aromatic carbocycles. The number of amides is 3. The fourth-order valence-electron chi connectivity index (χ4n) is 2.69. The topological polar surface area (TPSA) is 116 Å². The molecule has 0 spiro atoms. The van der Waals surface area contributed by atoms with E-state index < -0.39 is 29.6 Å². The Kier molecular flexibility index (Phi) is 7.33. The quantitative estimate of drug-likeness (QED) is 0.242. The van der Waals surface area contributed by atoms with Gasteiger partial charge in [-0.1, -0.05) is 18.2 Å². The van der Waals surface area contributed by atoms with Crippen LogP contribution in [0, 0.1) is 3.57 Å². The van der Waals surface area contributed by atoms with Crippen LogP contribution in [0.5, 0.6) is 11.5 Å². The molecule has 0 atom stereocenters. The van der Waals surface area contributed by atoms with Crippen molar-refractivity contribution < 1.29 is 28.7 Å². The first kappa shape index (κ1) is 22.8. The molecule has 1 aliphatic rings. The third kappa shape index (κ3) is 5.44. The van der Waals surface area contributed by atoms with Gasteiger partial charge in [0.25, 0.3) is 11.1 Å². The number of imide groups is 1. The van der Waals surface area contributed by atoms with Gasteiger partial charge in [0.05, 0.1) is 17.1 Å². The van der Waals surface area contributed by atoms with Crippen LogP contribution >= 0.6 is 34.4 Å². The summed E-state index contributed by atoms with van der Waals surface area (Å²) in [5, 5.41) is -0.567. The highest BCUT2D eigenvalue weighted by Gasteiger charge is 2.35. The molecule has 1 fully saturated rings. The van der Waals surface area contributed by atoms with E-state index in [9.17, 15) is 19.2 Å². The Morgan fingerprint density at radius 1 is 1.16 bits per heavy atom. The van der Waals surface area contributed by atoms with Crippen LogP contribution in [0.15, 0.2) is 47.4 Å². The predicted octanol–water partition coefficient (Wildman–Crippen LogP) is 3.43. The molecule has 31 heavy (non-hydrogen) atoms. The molecule has 2 N–H and O–H groups in total. The highest BCUT2D eigenvalue weighted by molar-refractivity contribution is 14.1. The number of primary amides is 1. The number of ether oxygens (including phenoxy) is 2. The highest BCUT2D eigenvalue weighted by Crippen LogP contribution is 2.35. The van der Waals surface area contributed by atoms with Crippen molar-refractivity contribution in [2.75, 3.05) is 13.2 Å². The maximum Gasteiger partial charge on any atom is 0.344 e. The summed E-state index contributed by atoms with van der Waals surface area (Å²) < 4.78 is 11.9. The van der Waals surface area contributed by atoms with Gasteiger partial charge in [-0.25, -0.2) is 4.79 Å². The van der Waals surface area contributed by atoms with Crippen LogP contribution in [-0.4, -0.2) is 41.1 Å². The Bertz CT molecular complexity index is 1100. The number of hydrogen-bond acceptors (Lipinski definition) is 7. The van der Waals surface area contributed by atoms with E-state index in [0.29, 0.717) is 35.2 Å². The van der Waals surface area contributed by atoms with E-state index in [1.165, 1.54) is 6.08 Å². The summed E-state index contributed by atoms with van der Waals surface area (Å²) in [5.74, 6) is -1.36. The van der Waals surface area contributed by atoms with E-state index in [-0.39, 0.29) is 10.7 Å². The second kappa shape index (κ2) is 9.96. The van der Waals surface area contributed by atoms with E-state index in [1.54, 1.807) is 43.3 Å². The third-order valence-electron chi connectivity index (χ3n) is 4.05. The molecule has 160 valence electrons. The summed E-state index contributed by atoms with van der Waals surface area (Å²) in [6.45, 7) is 1.64. The Hall–Kier alpha value is -2.86. The lowest BCUT2D eigenvalue weighted by atomic mass is 10.1. The van der Waals surface area contributed by atoms with Crippen LogP contribution in [0.1, 0.15) is 22.8 Å². The molecule has 8 nitrogen and oxygen atoms in total. The van der Waals surface area contributed by atoms with Crippen molar-refractivity contribution in [3.8, 4) is 11.5 Å². The van der Waals surface area contributed by atoms with E-state index >= 15 is 0 Å². The standard InChI is InChI=1S/C21H17IN2O6S/c1-2-29-16-9-12(10-17-19(26)24(11-18(23)25)21(28)31-17)7-8-15(16)30-20(27)13-5-3-4-6-14(13)22/h3-10H,2,11H2,1H3,(H2,23,25)/b17-10-. The molecule has 0 unspecified atom stereocenters. The Morgan fingerprint density at radius 2 is 1.90 bits per heavy atom. The zero-order valence-corrected chi connectivity index (χ0v) is 19.3. The summed E-state index contributed by atoms with van der Waals surface area (Å²) in [4.78, 5) is 48.9. The molecule has 3 amide bonds. The number of hydrogen-bond donors (Lipinski definition) is 1. The van der Waals surface area contributed by atoms with Crippen molar-refractivity contribution >= 4 is 63.5 Å². The second-order valence-electron chi connectivity index (χ2n) is 6.24. The highest BCUT2D eigenvalue weighted by atomic mass is 127. The zero-order chi connectivity index (χ0) is 22.5. The average Bonchev–Trinajstić information content (AvgIpc) is 2.97. The van der Waals surface area contributed by atoms with Gasteiger partial charge in [0, 0.05) is 3.57 Å². The van der Waals surface area contributed by atoms with E-state index in [1.807, 2.05) is 6.07 Å². The maximum absolute atomic E-state index is 12.5. The first-order valence-corrected chi connectivity index (χ1v) is 11.0. The SMILES string of the molecule is CCOc1cc(/C=C2\SC(=O)N(CC(N)=O)C2=O)ccc1OC(=O)c1ccccc1I. The molecular weight excluding hydrogens is 535 g/mol. The Morgan fingerprint density at radius 3 is 2.58 bits per heavy atom. The van der Waals surface area contributed by atoms with Gasteiger partial charge in [-0.3, -0.25) is 19.3 Å². The number of benzene rings is 2. The number of carbonyl (C=O) groups is 4. The molecule has 0 aliphatic carbocycles. The average molecular weight is 552 g/mol. The van der Waals surface area contributed by atoms with Crippen LogP contribution in [0.2, 0.25) is 0 Å². The molecule has 0 bridgehead atoms. The monoisotopic (exact) mass is 552 g/mol. The number of halogens is 1. The smallest absolute Gasteiger partial charge is 0.344 e. The van der Waals surface area contributed by atoms with Gasteiger partial charge in [-0.2, -0.15) is 0 Å². The minimum Gasteiger partial charge on any atom is -0.490 e. The molecule has 2 aromatic rings. The van der Waals surface area contributed by atoms with Gasteiger partial charge >= 0.3 is 5.97 Å². The van der Waals surface area contributed by atoms with Gasteiger partial charge in [-0.15, -0.1) is 0 Å². The third-order valence-corrected chi connectivity index (χ3v) is 5.90. The zero-order valence-electron chi connectivity index (χ0n) is 16.3. The normalized spacial score (nSPS) is 14.8. The lowest BCUT2D eigenvalue weighted by Gasteiger charge is -2.12. The maximum atomic E-state index is 12.5. The minimum atomic E-state index is -0.776. The molecule has 0 saturated carbocycles. The molecule has 1 saturated heterocycles.